The van der Waals surface area contributed by atoms with Crippen molar-refractivity contribution in [1.29, 1.82) is 0 Å². The van der Waals surface area contributed by atoms with Crippen LogP contribution in [-0.2, 0) is 0 Å². The van der Waals surface area contributed by atoms with Crippen molar-refractivity contribution in [1.82, 2.24) is 4.98 Å². The van der Waals surface area contributed by atoms with E-state index in [1.807, 2.05) is 31.9 Å². The van der Waals surface area contributed by atoms with Gasteiger partial charge in [0.05, 0.1) is 0 Å². The topological polar surface area (TPSA) is 53.4 Å². The molecule has 0 saturated carbocycles. The summed E-state index contributed by atoms with van der Waals surface area (Å²) in [5, 5.41) is 9.35. The van der Waals surface area contributed by atoms with Crippen molar-refractivity contribution in [2.24, 2.45) is 0 Å². The third-order valence-electron chi connectivity index (χ3n) is 3.36. The highest BCUT2D eigenvalue weighted by molar-refractivity contribution is 5.95. The van der Waals surface area contributed by atoms with E-state index in [1.165, 1.54) is 0 Å². The molecule has 0 unspecified atom stereocenters. The number of aryl methyl sites for hydroxylation is 2. The molecule has 0 bridgehead atoms. The average Bonchev–Trinajstić information content (AvgIpc) is 2.28. The van der Waals surface area contributed by atoms with E-state index in [2.05, 4.69) is 18.8 Å². The van der Waals surface area contributed by atoms with Crippen LogP contribution in [0.2, 0.25) is 0 Å². The summed E-state index contributed by atoms with van der Waals surface area (Å²) >= 11 is 0. The van der Waals surface area contributed by atoms with E-state index in [4.69, 9.17) is 0 Å². The molecule has 100 valence electrons. The molecule has 0 aliphatic carbocycles. The summed E-state index contributed by atoms with van der Waals surface area (Å²) in [6, 6.07) is 2.13. The largest absolute Gasteiger partial charge is 0.478 e. The van der Waals surface area contributed by atoms with Crippen LogP contribution in [0.25, 0.3) is 0 Å². The first-order chi connectivity index (χ1) is 8.42. The van der Waals surface area contributed by atoms with Crippen molar-refractivity contribution in [2.75, 3.05) is 11.9 Å². The molecule has 0 fully saturated rings. The Balaban J connectivity index is 3.33. The van der Waals surface area contributed by atoms with E-state index in [0.29, 0.717) is 17.4 Å². The zero-order valence-electron chi connectivity index (χ0n) is 11.8. The fraction of sp³-hybridized carbons (Fsp3) is 0.571. The minimum atomic E-state index is -0.909. The molecule has 1 aromatic heterocycles. The number of pyridine rings is 1. The number of carboxylic acids is 1. The monoisotopic (exact) mass is 250 g/mol. The number of carbonyl (C=O) groups is 1. The predicted molar refractivity (Wildman–Crippen MR) is 73.4 cm³/mol. The maximum atomic E-state index is 11.4. The Kier molecular flexibility index (Phi) is 4.70. The fourth-order valence-electron chi connectivity index (χ4n) is 2.35. The predicted octanol–water partition coefficient (Wildman–Crippen LogP) is 3.02. The minimum absolute atomic E-state index is 0.315. The van der Waals surface area contributed by atoms with Gasteiger partial charge in [0, 0.05) is 18.8 Å². The van der Waals surface area contributed by atoms with Crippen LogP contribution >= 0.6 is 0 Å². The van der Waals surface area contributed by atoms with Crippen molar-refractivity contribution in [3.63, 3.8) is 0 Å². The van der Waals surface area contributed by atoms with Gasteiger partial charge in [0.25, 0.3) is 0 Å². The van der Waals surface area contributed by atoms with Crippen molar-refractivity contribution in [2.45, 2.75) is 46.6 Å². The molecule has 0 radical (unpaired) electrons. The Bertz CT molecular complexity index is 440. The summed E-state index contributed by atoms with van der Waals surface area (Å²) in [4.78, 5) is 17.8. The first-order valence-corrected chi connectivity index (χ1v) is 6.36. The van der Waals surface area contributed by atoms with Crippen molar-refractivity contribution < 1.29 is 9.90 Å². The first kappa shape index (κ1) is 14.5. The number of anilines is 1. The smallest absolute Gasteiger partial charge is 0.339 e. The van der Waals surface area contributed by atoms with Crippen LogP contribution in [0.1, 0.15) is 48.3 Å². The first-order valence-electron chi connectivity index (χ1n) is 6.36. The molecule has 1 heterocycles. The molecule has 0 spiro atoms. The number of aromatic carboxylic acids is 1. The van der Waals surface area contributed by atoms with E-state index >= 15 is 0 Å². The van der Waals surface area contributed by atoms with E-state index < -0.39 is 5.97 Å². The van der Waals surface area contributed by atoms with Gasteiger partial charge in [-0.25, -0.2) is 9.78 Å². The van der Waals surface area contributed by atoms with Crippen LogP contribution in [0.5, 0.6) is 0 Å². The summed E-state index contributed by atoms with van der Waals surface area (Å²) in [6.45, 7) is 7.92. The second-order valence-electron chi connectivity index (χ2n) is 4.67. The lowest BCUT2D eigenvalue weighted by Crippen LogP contribution is -2.33. The third-order valence-corrected chi connectivity index (χ3v) is 3.36. The lowest BCUT2D eigenvalue weighted by Gasteiger charge is -2.29. The maximum Gasteiger partial charge on any atom is 0.339 e. The van der Waals surface area contributed by atoms with Crippen LogP contribution < -0.4 is 4.90 Å². The second kappa shape index (κ2) is 5.85. The fourth-order valence-corrected chi connectivity index (χ4v) is 2.35. The highest BCUT2D eigenvalue weighted by Crippen LogP contribution is 2.24. The molecule has 4 heteroatoms. The molecule has 18 heavy (non-hydrogen) atoms. The summed E-state index contributed by atoms with van der Waals surface area (Å²) in [6.07, 6.45) is 1.95. The van der Waals surface area contributed by atoms with Crippen molar-refractivity contribution >= 4 is 11.8 Å². The molecule has 1 aromatic rings. The molecule has 0 aliphatic heterocycles. The summed E-state index contributed by atoms with van der Waals surface area (Å²) in [7, 11) is 1.92. The quantitative estimate of drug-likeness (QED) is 0.872. The number of nitrogens with zero attached hydrogens (tertiary/aromatic N) is 2. The summed E-state index contributed by atoms with van der Waals surface area (Å²) in [5.74, 6) is -0.332. The molecular formula is C14H22N2O2. The molecule has 0 aliphatic rings. The maximum absolute atomic E-state index is 11.4. The molecule has 0 saturated heterocycles. The Hall–Kier alpha value is -1.58. The van der Waals surface area contributed by atoms with Gasteiger partial charge >= 0.3 is 5.97 Å². The second-order valence-corrected chi connectivity index (χ2v) is 4.67. The van der Waals surface area contributed by atoms with Crippen LogP contribution in [-0.4, -0.2) is 29.1 Å². The number of hydrogen-bond acceptors (Lipinski definition) is 3. The molecule has 0 atom stereocenters. The average molecular weight is 250 g/mol. The summed E-state index contributed by atoms with van der Waals surface area (Å²) in [5.41, 5.74) is 1.93. The molecule has 4 nitrogen and oxygen atoms in total. The lowest BCUT2D eigenvalue weighted by molar-refractivity contribution is 0.0696. The van der Waals surface area contributed by atoms with E-state index in [1.54, 1.807) is 0 Å². The van der Waals surface area contributed by atoms with E-state index in [0.717, 1.165) is 24.1 Å². The lowest BCUT2D eigenvalue weighted by atomic mass is 10.1. The molecule has 1 rings (SSSR count). The van der Waals surface area contributed by atoms with Crippen LogP contribution in [0.15, 0.2) is 6.07 Å². The van der Waals surface area contributed by atoms with Crippen LogP contribution in [0.4, 0.5) is 5.82 Å². The Morgan fingerprint density at radius 3 is 2.39 bits per heavy atom. The Morgan fingerprint density at radius 2 is 1.94 bits per heavy atom. The highest BCUT2D eigenvalue weighted by atomic mass is 16.4. The van der Waals surface area contributed by atoms with Gasteiger partial charge in [-0.15, -0.1) is 0 Å². The van der Waals surface area contributed by atoms with Gasteiger partial charge in [-0.2, -0.15) is 0 Å². The van der Waals surface area contributed by atoms with Gasteiger partial charge in [0.2, 0.25) is 0 Å². The van der Waals surface area contributed by atoms with Crippen molar-refractivity contribution in [3.05, 3.63) is 22.9 Å². The normalized spacial score (nSPS) is 10.8. The molecular weight excluding hydrogens is 228 g/mol. The van der Waals surface area contributed by atoms with E-state index in [9.17, 15) is 9.90 Å². The SMILES string of the molecule is CCC(CC)N(C)c1nc(C)cc(C)c1C(=O)O. The van der Waals surface area contributed by atoms with Gasteiger partial charge in [0.1, 0.15) is 11.4 Å². The van der Waals surface area contributed by atoms with Gasteiger partial charge in [-0.1, -0.05) is 13.8 Å². The Morgan fingerprint density at radius 1 is 1.39 bits per heavy atom. The number of aromatic nitrogens is 1. The zero-order chi connectivity index (χ0) is 13.9. The molecule has 0 aromatic carbocycles. The van der Waals surface area contributed by atoms with E-state index in [-0.39, 0.29) is 0 Å². The summed E-state index contributed by atoms with van der Waals surface area (Å²) < 4.78 is 0. The van der Waals surface area contributed by atoms with Gasteiger partial charge < -0.3 is 10.0 Å². The van der Waals surface area contributed by atoms with Gasteiger partial charge in [-0.05, 0) is 38.3 Å². The number of hydrogen-bond donors (Lipinski definition) is 1. The highest BCUT2D eigenvalue weighted by Gasteiger charge is 2.22. The molecule has 0 amide bonds. The van der Waals surface area contributed by atoms with Crippen LogP contribution in [0, 0.1) is 13.8 Å². The Labute approximate surface area is 109 Å². The minimum Gasteiger partial charge on any atom is -0.478 e. The zero-order valence-corrected chi connectivity index (χ0v) is 11.8. The third kappa shape index (κ3) is 2.81. The van der Waals surface area contributed by atoms with Gasteiger partial charge in [0.15, 0.2) is 0 Å². The van der Waals surface area contributed by atoms with Crippen molar-refractivity contribution in [3.8, 4) is 0 Å². The number of rotatable bonds is 5. The van der Waals surface area contributed by atoms with Gasteiger partial charge in [-0.3, -0.25) is 0 Å². The standard InChI is InChI=1S/C14H22N2O2/c1-6-11(7-2)16(5)13-12(14(17)18)9(3)8-10(4)15-13/h8,11H,6-7H2,1-5H3,(H,17,18). The number of carboxylic acid groups (broad SMARTS) is 1. The molecule has 1 N–H and O–H groups in total. The van der Waals surface area contributed by atoms with Crippen LogP contribution in [0.3, 0.4) is 0 Å².